The zero-order valence-corrected chi connectivity index (χ0v) is 15.1. The number of nitrogens with zero attached hydrogens (tertiary/aromatic N) is 1. The third-order valence-corrected chi connectivity index (χ3v) is 4.54. The predicted octanol–water partition coefficient (Wildman–Crippen LogP) is 3.51. The largest absolute Gasteiger partial charge is 0.491 e. The van der Waals surface area contributed by atoms with Crippen LogP contribution in [0.15, 0.2) is 12.1 Å². The minimum Gasteiger partial charge on any atom is -0.491 e. The van der Waals surface area contributed by atoms with Crippen molar-refractivity contribution in [3.05, 3.63) is 28.8 Å². The second-order valence-corrected chi connectivity index (χ2v) is 6.65. The van der Waals surface area contributed by atoms with Gasteiger partial charge in [0.2, 0.25) is 0 Å². The van der Waals surface area contributed by atoms with Crippen LogP contribution in [0, 0.1) is 26.7 Å². The molecule has 22 heavy (non-hydrogen) atoms. The Labute approximate surface area is 141 Å². The lowest BCUT2D eigenvalue weighted by Gasteiger charge is -2.31. The Hall–Kier alpha value is -0.770. The number of likely N-dealkylation sites (tertiary alicyclic amines) is 1. The molecule has 126 valence electrons. The van der Waals surface area contributed by atoms with E-state index in [4.69, 9.17) is 4.74 Å². The van der Waals surface area contributed by atoms with E-state index in [9.17, 15) is 5.11 Å². The van der Waals surface area contributed by atoms with Gasteiger partial charge in [-0.15, -0.1) is 12.4 Å². The van der Waals surface area contributed by atoms with Crippen LogP contribution in [0.25, 0.3) is 0 Å². The van der Waals surface area contributed by atoms with Crippen molar-refractivity contribution in [2.75, 3.05) is 26.2 Å². The molecule has 0 aromatic heterocycles. The highest BCUT2D eigenvalue weighted by Gasteiger charge is 2.18. The lowest BCUT2D eigenvalue weighted by Crippen LogP contribution is -2.40. The number of piperidine rings is 1. The molecule has 1 saturated heterocycles. The zero-order valence-electron chi connectivity index (χ0n) is 14.3. The van der Waals surface area contributed by atoms with E-state index in [0.29, 0.717) is 6.61 Å². The van der Waals surface area contributed by atoms with Crippen molar-refractivity contribution in [2.24, 2.45) is 5.92 Å². The van der Waals surface area contributed by atoms with Crippen LogP contribution in [0.1, 0.15) is 36.5 Å². The molecule has 1 aromatic carbocycles. The smallest absolute Gasteiger partial charge is 0.122 e. The van der Waals surface area contributed by atoms with Crippen molar-refractivity contribution in [1.29, 1.82) is 0 Å². The third-order valence-electron chi connectivity index (χ3n) is 4.54. The van der Waals surface area contributed by atoms with Crippen molar-refractivity contribution in [1.82, 2.24) is 4.90 Å². The Morgan fingerprint density at radius 2 is 1.86 bits per heavy atom. The van der Waals surface area contributed by atoms with Crippen LogP contribution >= 0.6 is 12.4 Å². The summed E-state index contributed by atoms with van der Waals surface area (Å²) in [6, 6.07) is 4.21. The van der Waals surface area contributed by atoms with E-state index in [1.54, 1.807) is 0 Å². The molecule has 0 radical (unpaired) electrons. The van der Waals surface area contributed by atoms with E-state index < -0.39 is 6.10 Å². The van der Waals surface area contributed by atoms with Crippen LogP contribution < -0.4 is 4.74 Å². The molecule has 1 aliphatic rings. The van der Waals surface area contributed by atoms with Gasteiger partial charge in [-0.1, -0.05) is 13.0 Å². The Morgan fingerprint density at radius 1 is 1.23 bits per heavy atom. The molecule has 2 rings (SSSR count). The Bertz CT molecular complexity index is 470. The van der Waals surface area contributed by atoms with E-state index >= 15 is 0 Å². The summed E-state index contributed by atoms with van der Waals surface area (Å²) in [5.41, 5.74) is 3.61. The fraction of sp³-hybridized carbons (Fsp3) is 0.667. The highest BCUT2D eigenvalue weighted by atomic mass is 35.5. The normalized spacial score (nSPS) is 17.9. The molecule has 1 fully saturated rings. The van der Waals surface area contributed by atoms with Crippen LogP contribution in [0.2, 0.25) is 0 Å². The van der Waals surface area contributed by atoms with E-state index in [2.05, 4.69) is 44.7 Å². The van der Waals surface area contributed by atoms with Crippen molar-refractivity contribution in [3.63, 3.8) is 0 Å². The first kappa shape index (κ1) is 19.3. The maximum Gasteiger partial charge on any atom is 0.122 e. The van der Waals surface area contributed by atoms with Crippen LogP contribution in [-0.2, 0) is 0 Å². The molecule has 0 saturated carbocycles. The number of aliphatic hydroxyl groups is 1. The van der Waals surface area contributed by atoms with Gasteiger partial charge in [-0.05, 0) is 75.4 Å². The maximum atomic E-state index is 10.2. The molecule has 0 bridgehead atoms. The van der Waals surface area contributed by atoms with E-state index in [0.717, 1.165) is 31.3 Å². The number of hydrogen-bond donors (Lipinski definition) is 1. The van der Waals surface area contributed by atoms with Gasteiger partial charge in [-0.25, -0.2) is 0 Å². The van der Waals surface area contributed by atoms with E-state index in [-0.39, 0.29) is 12.4 Å². The Morgan fingerprint density at radius 3 is 2.50 bits per heavy atom. The van der Waals surface area contributed by atoms with Crippen molar-refractivity contribution in [2.45, 2.75) is 46.6 Å². The van der Waals surface area contributed by atoms with Gasteiger partial charge in [-0.3, -0.25) is 0 Å². The topological polar surface area (TPSA) is 32.7 Å². The Kier molecular flexibility index (Phi) is 7.67. The SMILES string of the molecule is Cc1cc(C)c(C)c(OCC(O)CN2CCC(C)CC2)c1.Cl. The molecule has 4 heteroatoms. The second kappa shape index (κ2) is 8.76. The van der Waals surface area contributed by atoms with Gasteiger partial charge < -0.3 is 14.7 Å². The summed E-state index contributed by atoms with van der Waals surface area (Å²) in [7, 11) is 0. The number of hydrogen-bond acceptors (Lipinski definition) is 3. The number of aryl methyl sites for hydroxylation is 2. The van der Waals surface area contributed by atoms with Gasteiger partial charge in [-0.2, -0.15) is 0 Å². The second-order valence-electron chi connectivity index (χ2n) is 6.65. The van der Waals surface area contributed by atoms with E-state index in [1.165, 1.54) is 29.5 Å². The zero-order chi connectivity index (χ0) is 15.4. The summed E-state index contributed by atoms with van der Waals surface area (Å²) in [6.07, 6.45) is 2.06. The number of ether oxygens (including phenoxy) is 1. The summed E-state index contributed by atoms with van der Waals surface area (Å²) < 4.78 is 5.85. The number of rotatable bonds is 5. The third kappa shape index (κ3) is 5.45. The quantitative estimate of drug-likeness (QED) is 0.898. The van der Waals surface area contributed by atoms with Crippen LogP contribution in [0.5, 0.6) is 5.75 Å². The molecule has 0 spiro atoms. The van der Waals surface area contributed by atoms with Crippen LogP contribution in [0.3, 0.4) is 0 Å². The van der Waals surface area contributed by atoms with Gasteiger partial charge in [0.15, 0.2) is 0 Å². The van der Waals surface area contributed by atoms with Crippen LogP contribution in [0.4, 0.5) is 0 Å². The highest BCUT2D eigenvalue weighted by Crippen LogP contribution is 2.23. The molecule has 0 amide bonds. The van der Waals surface area contributed by atoms with Gasteiger partial charge >= 0.3 is 0 Å². The molecule has 1 N–H and O–H groups in total. The molecule has 3 nitrogen and oxygen atoms in total. The maximum absolute atomic E-state index is 10.2. The highest BCUT2D eigenvalue weighted by molar-refractivity contribution is 5.85. The lowest BCUT2D eigenvalue weighted by molar-refractivity contribution is 0.0561. The molecule has 1 atom stereocenters. The van der Waals surface area contributed by atoms with Crippen LogP contribution in [-0.4, -0.2) is 42.4 Å². The van der Waals surface area contributed by atoms with Gasteiger partial charge in [0, 0.05) is 6.54 Å². The number of halogens is 1. The number of aliphatic hydroxyl groups excluding tert-OH is 1. The fourth-order valence-corrected chi connectivity index (χ4v) is 2.93. The number of β-amino-alcohol motifs (C(OH)–C–C–N with tert-alkyl or cyclic N) is 1. The molecular formula is C18H30ClNO2. The van der Waals surface area contributed by atoms with E-state index in [1.807, 2.05) is 0 Å². The average Bonchev–Trinajstić information content (AvgIpc) is 2.44. The summed E-state index contributed by atoms with van der Waals surface area (Å²) in [5.74, 6) is 1.73. The Balaban J connectivity index is 0.00000242. The predicted molar refractivity (Wildman–Crippen MR) is 94.2 cm³/mol. The minimum atomic E-state index is -0.418. The first-order valence-corrected chi connectivity index (χ1v) is 8.06. The van der Waals surface area contributed by atoms with Gasteiger partial charge in [0.05, 0.1) is 0 Å². The molecule has 0 aliphatic carbocycles. The monoisotopic (exact) mass is 327 g/mol. The minimum absolute atomic E-state index is 0. The van der Waals surface area contributed by atoms with Crippen molar-refractivity contribution < 1.29 is 9.84 Å². The standard InChI is InChI=1S/C18H29NO2.ClH/c1-13-5-7-19(8-6-13)11-17(20)12-21-18-10-14(2)9-15(3)16(18)4;/h9-10,13,17,20H,5-8,11-12H2,1-4H3;1H. The lowest BCUT2D eigenvalue weighted by atomic mass is 9.99. The fourth-order valence-electron chi connectivity index (χ4n) is 2.93. The van der Waals surface area contributed by atoms with Crippen molar-refractivity contribution >= 4 is 12.4 Å². The first-order chi connectivity index (χ1) is 9.95. The summed E-state index contributed by atoms with van der Waals surface area (Å²) in [5, 5.41) is 10.2. The first-order valence-electron chi connectivity index (χ1n) is 8.06. The summed E-state index contributed by atoms with van der Waals surface area (Å²) in [6.45, 7) is 11.8. The molecular weight excluding hydrogens is 298 g/mol. The molecule has 1 aliphatic heterocycles. The average molecular weight is 328 g/mol. The molecule has 1 aromatic rings. The summed E-state index contributed by atoms with van der Waals surface area (Å²) in [4.78, 5) is 2.35. The summed E-state index contributed by atoms with van der Waals surface area (Å²) >= 11 is 0. The number of benzene rings is 1. The molecule has 1 heterocycles. The van der Waals surface area contributed by atoms with Crippen molar-refractivity contribution in [3.8, 4) is 5.75 Å². The molecule has 1 unspecified atom stereocenters. The van der Waals surface area contributed by atoms with Gasteiger partial charge in [0.25, 0.3) is 0 Å². The van der Waals surface area contributed by atoms with Gasteiger partial charge in [0.1, 0.15) is 18.5 Å².